The summed E-state index contributed by atoms with van der Waals surface area (Å²) in [5.74, 6) is 0.725. The van der Waals surface area contributed by atoms with Crippen molar-refractivity contribution in [2.75, 3.05) is 22.8 Å². The van der Waals surface area contributed by atoms with Crippen molar-refractivity contribution in [1.29, 1.82) is 0 Å². The van der Waals surface area contributed by atoms with Crippen LogP contribution >= 0.6 is 0 Å². The van der Waals surface area contributed by atoms with Crippen molar-refractivity contribution in [2.45, 2.75) is 31.3 Å². The fourth-order valence-corrected chi connectivity index (χ4v) is 5.20. The highest BCUT2D eigenvalue weighted by molar-refractivity contribution is 7.92. The van der Waals surface area contributed by atoms with E-state index in [1.807, 2.05) is 19.9 Å². The lowest BCUT2D eigenvalue weighted by Gasteiger charge is -2.24. The maximum atomic E-state index is 13.4. The van der Waals surface area contributed by atoms with Crippen LogP contribution in [0.5, 0.6) is 11.5 Å². The number of carbonyl (C=O) groups excluding carboxylic acids is 1. The first-order valence-corrected chi connectivity index (χ1v) is 12.2. The van der Waals surface area contributed by atoms with Crippen molar-refractivity contribution < 1.29 is 22.7 Å². The minimum absolute atomic E-state index is 0.0463. The van der Waals surface area contributed by atoms with E-state index in [0.717, 1.165) is 16.3 Å². The number of ether oxygens (including phenoxy) is 2. The van der Waals surface area contributed by atoms with Crippen molar-refractivity contribution in [3.8, 4) is 11.5 Å². The third-order valence-electron chi connectivity index (χ3n) is 5.23. The number of carbonyl (C=O) groups is 1. The maximum absolute atomic E-state index is 13.4. The molecule has 1 heterocycles. The van der Waals surface area contributed by atoms with Crippen LogP contribution in [0.4, 0.5) is 11.4 Å². The van der Waals surface area contributed by atoms with Crippen LogP contribution in [-0.4, -0.2) is 33.6 Å². The highest BCUT2D eigenvalue weighted by Gasteiger charge is 2.28. The lowest BCUT2D eigenvalue weighted by molar-refractivity contribution is -0.114. The number of nitrogens with zero attached hydrogens (tertiary/aromatic N) is 1. The molecule has 1 aliphatic heterocycles. The zero-order chi connectivity index (χ0) is 23.4. The van der Waals surface area contributed by atoms with Gasteiger partial charge < -0.3 is 14.8 Å². The van der Waals surface area contributed by atoms with Gasteiger partial charge in [-0.1, -0.05) is 36.4 Å². The Morgan fingerprint density at radius 1 is 1.09 bits per heavy atom. The first-order valence-electron chi connectivity index (χ1n) is 10.8. The van der Waals surface area contributed by atoms with Gasteiger partial charge in [0, 0.05) is 18.1 Å². The Morgan fingerprint density at radius 2 is 1.76 bits per heavy atom. The summed E-state index contributed by atoms with van der Waals surface area (Å²) in [5, 5.41) is 2.81. The number of sulfonamides is 1. The molecule has 0 bridgehead atoms. The summed E-state index contributed by atoms with van der Waals surface area (Å²) in [6.45, 7) is 3.87. The first-order chi connectivity index (χ1) is 15.9. The van der Waals surface area contributed by atoms with Gasteiger partial charge in [-0.25, -0.2) is 8.42 Å². The molecule has 0 spiro atoms. The fraction of sp³-hybridized carbons (Fsp3) is 0.240. The molecule has 0 radical (unpaired) electrons. The molecule has 1 N–H and O–H groups in total. The van der Waals surface area contributed by atoms with Crippen LogP contribution in [0.2, 0.25) is 0 Å². The van der Waals surface area contributed by atoms with E-state index in [4.69, 9.17) is 9.47 Å². The Balaban J connectivity index is 1.63. The molecule has 3 aromatic carbocycles. The largest absolute Gasteiger partial charge is 0.492 e. The molecule has 8 heteroatoms. The zero-order valence-corrected chi connectivity index (χ0v) is 19.3. The Bertz CT molecular complexity index is 1230. The second-order valence-corrected chi connectivity index (χ2v) is 9.59. The lowest BCUT2D eigenvalue weighted by Crippen LogP contribution is -2.38. The topological polar surface area (TPSA) is 84.9 Å². The summed E-state index contributed by atoms with van der Waals surface area (Å²) in [6.07, 6.45) is 0.811. The molecule has 0 fully saturated rings. The quantitative estimate of drug-likeness (QED) is 0.537. The van der Waals surface area contributed by atoms with Crippen LogP contribution in [-0.2, 0) is 21.2 Å². The highest BCUT2D eigenvalue weighted by Crippen LogP contribution is 2.38. The summed E-state index contributed by atoms with van der Waals surface area (Å²) >= 11 is 0. The normalized spacial score (nSPS) is 14.8. The average molecular weight is 467 g/mol. The summed E-state index contributed by atoms with van der Waals surface area (Å²) in [5.41, 5.74) is 1.86. The highest BCUT2D eigenvalue weighted by atomic mass is 32.2. The zero-order valence-electron chi connectivity index (χ0n) is 18.5. The second-order valence-electron chi connectivity index (χ2n) is 7.73. The van der Waals surface area contributed by atoms with Crippen molar-refractivity contribution in [3.63, 3.8) is 0 Å². The number of para-hydroxylation sites is 1. The molecule has 0 aliphatic carbocycles. The Kier molecular flexibility index (Phi) is 6.55. The predicted octanol–water partition coefficient (Wildman–Crippen LogP) is 4.24. The van der Waals surface area contributed by atoms with E-state index in [9.17, 15) is 13.2 Å². The molecule has 172 valence electrons. The molecule has 3 aromatic rings. The van der Waals surface area contributed by atoms with Gasteiger partial charge in [-0.15, -0.1) is 0 Å². The van der Waals surface area contributed by atoms with Crippen LogP contribution in [0.25, 0.3) is 0 Å². The smallest absolute Gasteiger partial charge is 0.264 e. The van der Waals surface area contributed by atoms with Gasteiger partial charge in [0.05, 0.1) is 22.9 Å². The van der Waals surface area contributed by atoms with Gasteiger partial charge in [-0.05, 0) is 44.2 Å². The van der Waals surface area contributed by atoms with Gasteiger partial charge >= 0.3 is 0 Å². The van der Waals surface area contributed by atoms with E-state index in [0.29, 0.717) is 29.5 Å². The monoisotopic (exact) mass is 466 g/mol. The predicted molar refractivity (Wildman–Crippen MR) is 127 cm³/mol. The molecule has 1 aliphatic rings. The van der Waals surface area contributed by atoms with Gasteiger partial charge in [0.25, 0.3) is 10.0 Å². The minimum Gasteiger partial charge on any atom is -0.492 e. The number of fused-ring (bicyclic) bond motifs is 1. The van der Waals surface area contributed by atoms with E-state index in [1.165, 1.54) is 12.1 Å². The Morgan fingerprint density at radius 3 is 2.42 bits per heavy atom. The number of anilines is 2. The molecule has 0 unspecified atom stereocenters. The van der Waals surface area contributed by atoms with E-state index in [2.05, 4.69) is 5.32 Å². The van der Waals surface area contributed by atoms with Crippen molar-refractivity contribution in [1.82, 2.24) is 0 Å². The van der Waals surface area contributed by atoms with Gasteiger partial charge in [0.1, 0.15) is 24.1 Å². The van der Waals surface area contributed by atoms with Gasteiger partial charge in [-0.2, -0.15) is 0 Å². The number of rotatable bonds is 8. The lowest BCUT2D eigenvalue weighted by atomic mass is 10.1. The Labute approximate surface area is 194 Å². The molecule has 0 saturated carbocycles. The van der Waals surface area contributed by atoms with Crippen molar-refractivity contribution in [3.05, 3.63) is 78.4 Å². The van der Waals surface area contributed by atoms with Gasteiger partial charge in [0.2, 0.25) is 5.91 Å². The first kappa shape index (κ1) is 22.7. The SMILES string of the molecule is CCOc1cc2c(cc1NC(=O)CN(c1ccccc1)S(=O)(=O)c1ccccc1)O[C@@H](C)C2. The van der Waals surface area contributed by atoms with Crippen LogP contribution in [0.3, 0.4) is 0 Å². The van der Waals surface area contributed by atoms with Crippen molar-refractivity contribution in [2.24, 2.45) is 0 Å². The number of hydrogen-bond acceptors (Lipinski definition) is 5. The summed E-state index contributed by atoms with van der Waals surface area (Å²) in [4.78, 5) is 13.2. The summed E-state index contributed by atoms with van der Waals surface area (Å²) in [7, 11) is -3.96. The number of nitrogens with one attached hydrogen (secondary N) is 1. The van der Waals surface area contributed by atoms with Crippen LogP contribution < -0.4 is 19.1 Å². The third-order valence-corrected chi connectivity index (χ3v) is 7.02. The van der Waals surface area contributed by atoms with Gasteiger partial charge in [0.15, 0.2) is 0 Å². The minimum atomic E-state index is -3.96. The summed E-state index contributed by atoms with van der Waals surface area (Å²) < 4.78 is 39.4. The molecule has 1 amide bonds. The molecule has 4 rings (SSSR count). The fourth-order valence-electron chi connectivity index (χ4n) is 3.76. The van der Waals surface area contributed by atoms with Crippen LogP contribution in [0.15, 0.2) is 77.7 Å². The van der Waals surface area contributed by atoms with Crippen LogP contribution in [0.1, 0.15) is 19.4 Å². The van der Waals surface area contributed by atoms with E-state index < -0.39 is 22.5 Å². The molecular formula is C25H26N2O5S. The number of hydrogen-bond donors (Lipinski definition) is 1. The molecule has 1 atom stereocenters. The molecule has 33 heavy (non-hydrogen) atoms. The third kappa shape index (κ3) is 4.96. The van der Waals surface area contributed by atoms with E-state index >= 15 is 0 Å². The molecular weight excluding hydrogens is 440 g/mol. The number of benzene rings is 3. The maximum Gasteiger partial charge on any atom is 0.264 e. The van der Waals surface area contributed by atoms with E-state index in [-0.39, 0.29) is 11.0 Å². The second kappa shape index (κ2) is 9.54. The van der Waals surface area contributed by atoms with Gasteiger partial charge in [-0.3, -0.25) is 9.10 Å². The summed E-state index contributed by atoms with van der Waals surface area (Å²) in [6, 6.07) is 20.2. The van der Waals surface area contributed by atoms with Crippen LogP contribution in [0, 0.1) is 0 Å². The standard InChI is InChI=1S/C25H26N2O5S/c1-3-31-24-15-19-14-18(2)32-23(19)16-22(24)26-25(28)17-27(20-10-6-4-7-11-20)33(29,30)21-12-8-5-9-13-21/h4-13,15-16,18H,3,14,17H2,1-2H3,(H,26,28)/t18-/m0/s1. The number of amides is 1. The molecule has 0 saturated heterocycles. The van der Waals surface area contributed by atoms with E-state index in [1.54, 1.807) is 54.6 Å². The van der Waals surface area contributed by atoms with Crippen molar-refractivity contribution >= 4 is 27.3 Å². The molecule has 7 nitrogen and oxygen atoms in total. The Hall–Kier alpha value is -3.52. The molecule has 0 aromatic heterocycles. The average Bonchev–Trinajstić information content (AvgIpc) is 3.17.